The lowest BCUT2D eigenvalue weighted by Gasteiger charge is -2.04. The van der Waals surface area contributed by atoms with Gasteiger partial charge in [0.05, 0.1) is 10.9 Å². The van der Waals surface area contributed by atoms with Crippen molar-refractivity contribution in [3.05, 3.63) is 43.5 Å². The van der Waals surface area contributed by atoms with Crippen LogP contribution in [0, 0.1) is 0 Å². The third-order valence-electron chi connectivity index (χ3n) is 2.27. The molecule has 0 aliphatic carbocycles. The number of nitrogens with zero attached hydrogens (tertiary/aromatic N) is 1. The highest BCUT2D eigenvalue weighted by Gasteiger charge is 2.06. The van der Waals surface area contributed by atoms with Crippen molar-refractivity contribution in [1.29, 1.82) is 0 Å². The summed E-state index contributed by atoms with van der Waals surface area (Å²) in [7, 11) is 0. The maximum Gasteiger partial charge on any atom is 0.328 e. The van der Waals surface area contributed by atoms with E-state index in [4.69, 9.17) is 0 Å². The molecule has 0 atom stereocenters. The molecular formula is C10H9BrN2O2S. The predicted octanol–water partition coefficient (Wildman–Crippen LogP) is 1.38. The molecule has 0 aliphatic heterocycles. The average Bonchev–Trinajstić information content (AvgIpc) is 2.26. The van der Waals surface area contributed by atoms with Gasteiger partial charge in [0.1, 0.15) is 0 Å². The van der Waals surface area contributed by atoms with Crippen molar-refractivity contribution < 1.29 is 0 Å². The van der Waals surface area contributed by atoms with Crippen LogP contribution >= 0.6 is 28.6 Å². The van der Waals surface area contributed by atoms with E-state index in [2.05, 4.69) is 33.5 Å². The molecule has 0 bridgehead atoms. The number of thiol groups is 1. The largest absolute Gasteiger partial charge is 0.328 e. The van der Waals surface area contributed by atoms with Gasteiger partial charge >= 0.3 is 5.69 Å². The van der Waals surface area contributed by atoms with Crippen LogP contribution in [0.2, 0.25) is 0 Å². The number of hydrogen-bond acceptors (Lipinski definition) is 3. The summed E-state index contributed by atoms with van der Waals surface area (Å²) in [5.74, 6) is 0.447. The lowest BCUT2D eigenvalue weighted by Crippen LogP contribution is -2.35. The highest BCUT2D eigenvalue weighted by atomic mass is 79.9. The Balaban J connectivity index is 2.85. The number of halogens is 1. The first-order valence-corrected chi connectivity index (χ1v) is 6.09. The molecule has 0 saturated carbocycles. The first-order chi connectivity index (χ1) is 7.63. The van der Waals surface area contributed by atoms with E-state index in [9.17, 15) is 9.59 Å². The van der Waals surface area contributed by atoms with E-state index in [1.54, 1.807) is 18.2 Å². The topological polar surface area (TPSA) is 54.9 Å². The third kappa shape index (κ3) is 1.94. The highest BCUT2D eigenvalue weighted by molar-refractivity contribution is 9.10. The second-order valence-corrected chi connectivity index (χ2v) is 4.66. The molecule has 84 valence electrons. The van der Waals surface area contributed by atoms with Crippen molar-refractivity contribution >= 4 is 39.5 Å². The number of rotatable bonds is 2. The zero-order chi connectivity index (χ0) is 11.7. The molecule has 1 N–H and O–H groups in total. The van der Waals surface area contributed by atoms with Crippen LogP contribution in [-0.2, 0) is 6.54 Å². The van der Waals surface area contributed by atoms with Crippen LogP contribution < -0.4 is 11.2 Å². The zero-order valence-electron chi connectivity index (χ0n) is 8.24. The summed E-state index contributed by atoms with van der Waals surface area (Å²) in [5.41, 5.74) is -0.128. The Bertz CT molecular complexity index is 647. The molecule has 4 nitrogen and oxygen atoms in total. The van der Waals surface area contributed by atoms with E-state index in [0.717, 1.165) is 9.04 Å². The summed E-state index contributed by atoms with van der Waals surface area (Å²) >= 11 is 7.31. The quantitative estimate of drug-likeness (QED) is 0.824. The smallest absolute Gasteiger partial charge is 0.307 e. The van der Waals surface area contributed by atoms with Gasteiger partial charge in [0.25, 0.3) is 5.56 Å². The van der Waals surface area contributed by atoms with Crippen LogP contribution in [0.25, 0.3) is 10.9 Å². The van der Waals surface area contributed by atoms with Crippen molar-refractivity contribution in [2.24, 2.45) is 0 Å². The van der Waals surface area contributed by atoms with Crippen LogP contribution in [0.3, 0.4) is 0 Å². The maximum atomic E-state index is 12.0. The first kappa shape index (κ1) is 11.5. The first-order valence-electron chi connectivity index (χ1n) is 4.66. The van der Waals surface area contributed by atoms with Gasteiger partial charge in [0.15, 0.2) is 0 Å². The van der Waals surface area contributed by atoms with Crippen LogP contribution in [0.1, 0.15) is 0 Å². The van der Waals surface area contributed by atoms with Gasteiger partial charge in [-0.15, -0.1) is 0 Å². The summed E-state index contributed by atoms with van der Waals surface area (Å²) in [6.07, 6.45) is 0. The Morgan fingerprint density at radius 2 is 2.12 bits per heavy atom. The second kappa shape index (κ2) is 4.47. The van der Waals surface area contributed by atoms with Gasteiger partial charge in [-0.2, -0.15) is 12.6 Å². The van der Waals surface area contributed by atoms with Crippen molar-refractivity contribution in [3.8, 4) is 0 Å². The van der Waals surface area contributed by atoms with E-state index in [1.165, 1.54) is 0 Å². The number of nitrogens with one attached hydrogen (secondary N) is 1. The predicted molar refractivity (Wildman–Crippen MR) is 70.4 cm³/mol. The van der Waals surface area contributed by atoms with Crippen LogP contribution in [0.4, 0.5) is 0 Å². The van der Waals surface area contributed by atoms with Gasteiger partial charge in [0, 0.05) is 16.8 Å². The number of H-pyrrole nitrogens is 1. The molecule has 16 heavy (non-hydrogen) atoms. The summed E-state index contributed by atoms with van der Waals surface area (Å²) in [5, 5.41) is 0.496. The molecule has 1 aromatic carbocycles. The number of aromatic nitrogens is 2. The Kier molecular flexibility index (Phi) is 3.20. The summed E-state index contributed by atoms with van der Waals surface area (Å²) in [6, 6.07) is 5.18. The molecule has 0 saturated heterocycles. The van der Waals surface area contributed by atoms with Gasteiger partial charge in [0.2, 0.25) is 0 Å². The van der Waals surface area contributed by atoms with Gasteiger partial charge < -0.3 is 4.98 Å². The normalized spacial score (nSPS) is 10.9. The number of aromatic amines is 1. The Hall–Kier alpha value is -1.01. The van der Waals surface area contributed by atoms with Gasteiger partial charge in [-0.1, -0.05) is 15.9 Å². The molecule has 0 unspecified atom stereocenters. The minimum atomic E-state index is -0.395. The molecule has 2 aromatic rings. The SMILES string of the molecule is O=c1[nH]c2ccc(Br)cc2c(=O)n1CCS. The van der Waals surface area contributed by atoms with Gasteiger partial charge in [-0.3, -0.25) is 9.36 Å². The molecule has 1 aromatic heterocycles. The zero-order valence-corrected chi connectivity index (χ0v) is 10.7. The lowest BCUT2D eigenvalue weighted by molar-refractivity contribution is 0.692. The summed E-state index contributed by atoms with van der Waals surface area (Å²) in [4.78, 5) is 26.2. The van der Waals surface area contributed by atoms with Crippen molar-refractivity contribution in [1.82, 2.24) is 9.55 Å². The Labute approximate surface area is 105 Å². The van der Waals surface area contributed by atoms with E-state index in [1.807, 2.05) is 0 Å². The molecule has 0 spiro atoms. The molecule has 0 aliphatic rings. The minimum Gasteiger partial charge on any atom is -0.307 e. The number of hydrogen-bond donors (Lipinski definition) is 2. The monoisotopic (exact) mass is 300 g/mol. The molecule has 2 rings (SSSR count). The summed E-state index contributed by atoms with van der Waals surface area (Å²) < 4.78 is 1.96. The van der Waals surface area contributed by atoms with Crippen molar-refractivity contribution in [2.75, 3.05) is 5.75 Å². The maximum absolute atomic E-state index is 12.0. The molecule has 6 heteroatoms. The third-order valence-corrected chi connectivity index (χ3v) is 2.96. The van der Waals surface area contributed by atoms with E-state index < -0.39 is 5.69 Å². The van der Waals surface area contributed by atoms with Gasteiger partial charge in [-0.25, -0.2) is 4.79 Å². The van der Waals surface area contributed by atoms with Gasteiger partial charge in [-0.05, 0) is 18.2 Å². The second-order valence-electron chi connectivity index (χ2n) is 3.30. The molecule has 0 fully saturated rings. The molecule has 0 radical (unpaired) electrons. The fourth-order valence-corrected chi connectivity index (χ4v) is 2.09. The highest BCUT2D eigenvalue weighted by Crippen LogP contribution is 2.13. The van der Waals surface area contributed by atoms with Crippen LogP contribution in [0.15, 0.2) is 32.3 Å². The van der Waals surface area contributed by atoms with E-state index >= 15 is 0 Å². The number of fused-ring (bicyclic) bond motifs is 1. The standard InChI is InChI=1S/C10H9BrN2O2S/c11-6-1-2-8-7(5-6)9(14)13(3-4-16)10(15)12-8/h1-2,5,16H,3-4H2,(H,12,15). The van der Waals surface area contributed by atoms with E-state index in [0.29, 0.717) is 23.2 Å². The lowest BCUT2D eigenvalue weighted by atomic mass is 10.2. The number of benzene rings is 1. The Morgan fingerprint density at radius 1 is 1.38 bits per heavy atom. The van der Waals surface area contributed by atoms with Crippen LogP contribution in [0.5, 0.6) is 0 Å². The van der Waals surface area contributed by atoms with E-state index in [-0.39, 0.29) is 5.56 Å². The minimum absolute atomic E-state index is 0.283. The summed E-state index contributed by atoms with van der Waals surface area (Å²) in [6.45, 7) is 0.305. The molecule has 0 amide bonds. The average molecular weight is 301 g/mol. The van der Waals surface area contributed by atoms with Crippen molar-refractivity contribution in [3.63, 3.8) is 0 Å². The van der Waals surface area contributed by atoms with Crippen molar-refractivity contribution in [2.45, 2.75) is 6.54 Å². The Morgan fingerprint density at radius 3 is 2.81 bits per heavy atom. The fraction of sp³-hybridized carbons (Fsp3) is 0.200. The van der Waals surface area contributed by atoms with Crippen LogP contribution in [-0.4, -0.2) is 15.3 Å². The molecular weight excluding hydrogens is 292 g/mol. The fourth-order valence-electron chi connectivity index (χ4n) is 1.53. The molecule has 1 heterocycles.